The predicted octanol–water partition coefficient (Wildman–Crippen LogP) is 8.94. The number of aliphatic hydroxyl groups is 2. The Balaban J connectivity index is 1.68. The number of nitrogens with zero attached hydrogens (tertiary/aromatic N) is 1. The molecule has 3 unspecified atom stereocenters. The van der Waals surface area contributed by atoms with E-state index >= 15 is 0 Å². The minimum atomic E-state index is -1.20. The van der Waals surface area contributed by atoms with E-state index in [0.29, 0.717) is 25.8 Å². The standard InChI is InChI=1S/C45H74NO6Si/c1-7-9-11-13-14-19-27-38(26-18-12-10-8-2)52-44(50)33-23-16-15-22-32-43(49)51-36-37(47)34-46(6)35-41(48)40-30-24-25-31-42(40)53(45(3,4)5)39-28-20-17-21-29-39/h17,20-21,24-25,28-31,37-38,41,47-48H,7-16,18-19,22-23,26-27,32-36H2,1-6H3. The number of hydrogen-bond donors (Lipinski definition) is 2. The molecule has 0 aliphatic carbocycles. The molecule has 2 aromatic carbocycles. The van der Waals surface area contributed by atoms with Crippen molar-refractivity contribution in [3.63, 3.8) is 0 Å². The first kappa shape index (κ1) is 46.6. The zero-order valence-corrected chi connectivity index (χ0v) is 35.3. The second kappa shape index (κ2) is 27.1. The number of ether oxygens (including phenoxy) is 2. The van der Waals surface area contributed by atoms with E-state index in [1.54, 1.807) is 0 Å². The van der Waals surface area contributed by atoms with Crippen LogP contribution in [0.15, 0.2) is 54.6 Å². The van der Waals surface area contributed by atoms with Crippen LogP contribution in [0.3, 0.4) is 0 Å². The minimum absolute atomic E-state index is 0.0331. The number of esters is 2. The van der Waals surface area contributed by atoms with Gasteiger partial charge >= 0.3 is 11.9 Å². The predicted molar refractivity (Wildman–Crippen MR) is 221 cm³/mol. The number of carbonyl (C=O) groups is 2. The van der Waals surface area contributed by atoms with Gasteiger partial charge in [-0.25, -0.2) is 0 Å². The number of likely N-dealkylation sites (N-methyl/N-ethyl adjacent to an activating group) is 1. The van der Waals surface area contributed by atoms with Gasteiger partial charge in [0.05, 0.1) is 6.10 Å². The summed E-state index contributed by atoms with van der Waals surface area (Å²) in [6, 6.07) is 18.8. The zero-order chi connectivity index (χ0) is 38.9. The van der Waals surface area contributed by atoms with Gasteiger partial charge in [-0.2, -0.15) is 0 Å². The highest BCUT2D eigenvalue weighted by Crippen LogP contribution is 2.28. The number of carbonyl (C=O) groups excluding carboxylic acids is 2. The summed E-state index contributed by atoms with van der Waals surface area (Å²) in [6.07, 6.45) is 16.5. The Morgan fingerprint density at radius 2 is 1.23 bits per heavy atom. The van der Waals surface area contributed by atoms with Crippen molar-refractivity contribution in [2.75, 3.05) is 26.7 Å². The highest BCUT2D eigenvalue weighted by molar-refractivity contribution is 6.87. The van der Waals surface area contributed by atoms with Crippen LogP contribution in [0.5, 0.6) is 0 Å². The van der Waals surface area contributed by atoms with E-state index in [9.17, 15) is 19.8 Å². The summed E-state index contributed by atoms with van der Waals surface area (Å²) in [4.78, 5) is 26.9. The van der Waals surface area contributed by atoms with Gasteiger partial charge in [0.2, 0.25) is 0 Å². The maximum Gasteiger partial charge on any atom is 0.306 e. The lowest BCUT2D eigenvalue weighted by Crippen LogP contribution is -2.51. The molecule has 2 rings (SSSR count). The summed E-state index contributed by atoms with van der Waals surface area (Å²) < 4.78 is 11.3. The fourth-order valence-corrected chi connectivity index (χ4v) is 10.4. The van der Waals surface area contributed by atoms with Crippen molar-refractivity contribution in [1.29, 1.82) is 0 Å². The molecule has 8 heteroatoms. The number of benzene rings is 2. The van der Waals surface area contributed by atoms with Crippen LogP contribution in [-0.2, 0) is 19.1 Å². The van der Waals surface area contributed by atoms with Gasteiger partial charge < -0.3 is 24.6 Å². The fraction of sp³-hybridized carbons (Fsp3) is 0.689. The molecule has 3 atom stereocenters. The van der Waals surface area contributed by atoms with Gasteiger partial charge in [0.25, 0.3) is 0 Å². The van der Waals surface area contributed by atoms with Crippen molar-refractivity contribution >= 4 is 31.1 Å². The Morgan fingerprint density at radius 1 is 0.698 bits per heavy atom. The average Bonchev–Trinajstić information content (AvgIpc) is 3.12. The Bertz CT molecular complexity index is 1250. The second-order valence-electron chi connectivity index (χ2n) is 16.1. The van der Waals surface area contributed by atoms with Crippen LogP contribution in [0.1, 0.15) is 162 Å². The molecule has 0 heterocycles. The van der Waals surface area contributed by atoms with E-state index < -0.39 is 21.0 Å². The molecule has 299 valence electrons. The van der Waals surface area contributed by atoms with Crippen LogP contribution >= 0.6 is 0 Å². The molecule has 0 saturated heterocycles. The van der Waals surface area contributed by atoms with Crippen molar-refractivity contribution in [1.82, 2.24) is 4.90 Å². The van der Waals surface area contributed by atoms with Gasteiger partial charge in [0.1, 0.15) is 27.6 Å². The molecule has 0 aromatic heterocycles. The molecule has 1 radical (unpaired) electrons. The first-order chi connectivity index (χ1) is 25.5. The van der Waals surface area contributed by atoms with E-state index in [-0.39, 0.29) is 36.2 Å². The SMILES string of the molecule is CCCCCCCCC(CCCCCC)OC(=O)CCCCCCC(=O)OCC(O)CN(C)CC(O)c1ccccc1[Si](c1ccccc1)C(C)(C)C. The molecular weight excluding hydrogens is 679 g/mol. The van der Waals surface area contributed by atoms with Crippen molar-refractivity contribution in [3.05, 3.63) is 60.2 Å². The molecule has 7 nitrogen and oxygen atoms in total. The number of rotatable bonds is 29. The third-order valence-electron chi connectivity index (χ3n) is 9.91. The van der Waals surface area contributed by atoms with Gasteiger partial charge in [-0.3, -0.25) is 9.59 Å². The Morgan fingerprint density at radius 3 is 1.85 bits per heavy atom. The van der Waals surface area contributed by atoms with E-state index in [4.69, 9.17) is 9.47 Å². The van der Waals surface area contributed by atoms with Gasteiger partial charge in [0.15, 0.2) is 0 Å². The van der Waals surface area contributed by atoms with Crippen LogP contribution in [0, 0.1) is 0 Å². The van der Waals surface area contributed by atoms with E-state index in [1.165, 1.54) is 61.7 Å². The lowest BCUT2D eigenvalue weighted by atomic mass is 10.0. The monoisotopic (exact) mass is 753 g/mol. The first-order valence-corrected chi connectivity index (χ1v) is 22.4. The van der Waals surface area contributed by atoms with Crippen molar-refractivity contribution < 1.29 is 29.3 Å². The molecule has 0 aliphatic rings. The first-order valence-electron chi connectivity index (χ1n) is 20.9. The fourth-order valence-electron chi connectivity index (χ4n) is 7.10. The number of unbranched alkanes of at least 4 members (excludes halogenated alkanes) is 11. The molecule has 0 fully saturated rings. The molecule has 0 saturated carbocycles. The average molecular weight is 753 g/mol. The van der Waals surface area contributed by atoms with Crippen LogP contribution in [0.25, 0.3) is 0 Å². The molecule has 53 heavy (non-hydrogen) atoms. The van der Waals surface area contributed by atoms with Crippen molar-refractivity contribution in [3.8, 4) is 0 Å². The molecule has 0 aliphatic heterocycles. The summed E-state index contributed by atoms with van der Waals surface area (Å²) in [6.45, 7) is 11.8. The molecule has 2 aromatic rings. The minimum Gasteiger partial charge on any atom is -0.463 e. The molecule has 0 amide bonds. The highest BCUT2D eigenvalue weighted by Gasteiger charge is 2.33. The largest absolute Gasteiger partial charge is 0.463 e. The molecule has 0 bridgehead atoms. The van der Waals surface area contributed by atoms with Crippen LogP contribution in [0.2, 0.25) is 5.04 Å². The summed E-state index contributed by atoms with van der Waals surface area (Å²) in [7, 11) is 0.661. The van der Waals surface area contributed by atoms with Gasteiger partial charge in [-0.15, -0.1) is 0 Å². The molecule has 2 N–H and O–H groups in total. The van der Waals surface area contributed by atoms with Crippen molar-refractivity contribution in [2.45, 2.75) is 174 Å². The maximum absolute atomic E-state index is 12.6. The van der Waals surface area contributed by atoms with Crippen LogP contribution < -0.4 is 10.4 Å². The van der Waals surface area contributed by atoms with E-state index in [1.807, 2.05) is 36.2 Å². The summed E-state index contributed by atoms with van der Waals surface area (Å²) >= 11 is 0. The highest BCUT2D eigenvalue weighted by atomic mass is 28.3. The third-order valence-corrected chi connectivity index (χ3v) is 13.3. The van der Waals surface area contributed by atoms with Crippen molar-refractivity contribution in [2.24, 2.45) is 0 Å². The lowest BCUT2D eigenvalue weighted by Gasteiger charge is -2.33. The van der Waals surface area contributed by atoms with Gasteiger partial charge in [0, 0.05) is 25.9 Å². The zero-order valence-electron chi connectivity index (χ0n) is 34.3. The summed E-state index contributed by atoms with van der Waals surface area (Å²) in [5, 5.41) is 24.6. The molecule has 0 spiro atoms. The maximum atomic E-state index is 12.6. The van der Waals surface area contributed by atoms with E-state index in [2.05, 4.69) is 65.0 Å². The Labute approximate surface area is 324 Å². The van der Waals surface area contributed by atoms with Crippen LogP contribution in [-0.4, -0.2) is 74.8 Å². The van der Waals surface area contributed by atoms with Crippen LogP contribution in [0.4, 0.5) is 0 Å². The topological polar surface area (TPSA) is 96.3 Å². The lowest BCUT2D eigenvalue weighted by molar-refractivity contribution is -0.150. The normalized spacial score (nSPS) is 13.6. The smallest absolute Gasteiger partial charge is 0.306 e. The Kier molecular flexibility index (Phi) is 23.9. The van der Waals surface area contributed by atoms with Gasteiger partial charge in [-0.05, 0) is 61.4 Å². The quantitative estimate of drug-likeness (QED) is 0.0487. The molecular formula is C45H74NO6Si. The second-order valence-corrected chi connectivity index (χ2v) is 19.5. The number of hydrogen-bond acceptors (Lipinski definition) is 7. The summed E-state index contributed by atoms with van der Waals surface area (Å²) in [5.74, 6) is -0.410. The summed E-state index contributed by atoms with van der Waals surface area (Å²) in [5.41, 5.74) is 0.926. The number of aliphatic hydroxyl groups excluding tert-OH is 2. The van der Waals surface area contributed by atoms with Gasteiger partial charge in [-0.1, -0.05) is 159 Å². The third kappa shape index (κ3) is 20.1. The Hall–Kier alpha value is -2.52. The van der Waals surface area contributed by atoms with E-state index in [0.717, 1.165) is 50.5 Å².